The predicted octanol–water partition coefficient (Wildman–Crippen LogP) is 7.47. The van der Waals surface area contributed by atoms with E-state index in [1.54, 1.807) is 28.2 Å². The maximum Gasteiger partial charge on any atom is 0.251 e. The molecule has 0 fully saturated rings. The zero-order valence-corrected chi connectivity index (χ0v) is 36.3. The van der Waals surface area contributed by atoms with Crippen molar-refractivity contribution in [2.24, 2.45) is 9.98 Å². The Hall–Kier alpha value is -7.41. The van der Waals surface area contributed by atoms with Gasteiger partial charge in [0.15, 0.2) is 0 Å². The van der Waals surface area contributed by atoms with Gasteiger partial charge in [-0.05, 0) is 108 Å². The molecule has 3 amide bonds. The topological polar surface area (TPSA) is 161 Å². The highest BCUT2D eigenvalue weighted by molar-refractivity contribution is 6.26. The number of aromatic amines is 1. The molecule has 0 spiro atoms. The van der Waals surface area contributed by atoms with Crippen LogP contribution in [0.2, 0.25) is 0 Å². The molecule has 0 aliphatic carbocycles. The fraction of sp³-hybridized carbons (Fsp3) is 0.212. The Morgan fingerprint density at radius 2 is 1.09 bits per heavy atom. The first-order valence-corrected chi connectivity index (χ1v) is 21.6. The number of aromatic nitrogens is 1. The molecule has 0 radical (unpaired) electrons. The molecule has 64 heavy (non-hydrogen) atoms. The van der Waals surface area contributed by atoms with E-state index in [1.165, 1.54) is 0 Å². The second kappa shape index (κ2) is 18.1. The number of nitrogens with zero attached hydrogens (tertiary/aromatic N) is 2. The number of benzene rings is 4. The summed E-state index contributed by atoms with van der Waals surface area (Å²) in [5.74, 6) is -0.615. The lowest BCUT2D eigenvalue weighted by Crippen LogP contribution is -2.33. The summed E-state index contributed by atoms with van der Waals surface area (Å²) in [6, 6.07) is 35.7. The summed E-state index contributed by atoms with van der Waals surface area (Å²) in [4.78, 5) is 58.3. The highest BCUT2D eigenvalue weighted by Crippen LogP contribution is 2.42. The minimum absolute atomic E-state index is 0.141. The van der Waals surface area contributed by atoms with Crippen molar-refractivity contribution in [3.05, 3.63) is 194 Å². The van der Waals surface area contributed by atoms with Gasteiger partial charge in [-0.15, -0.1) is 0 Å². The van der Waals surface area contributed by atoms with Crippen LogP contribution in [0.15, 0.2) is 148 Å². The maximum atomic E-state index is 12.6. The second-order valence-corrected chi connectivity index (χ2v) is 16.1. The first-order valence-electron chi connectivity index (χ1n) is 21.6. The highest BCUT2D eigenvalue weighted by Gasteiger charge is 2.35. The predicted molar refractivity (Wildman–Crippen MR) is 252 cm³/mol. The highest BCUT2D eigenvalue weighted by atomic mass is 16.6. The van der Waals surface area contributed by atoms with Gasteiger partial charge in [0, 0.05) is 90.3 Å². The molecule has 4 aliphatic rings. The van der Waals surface area contributed by atoms with Crippen LogP contribution in [0.25, 0.3) is 16.7 Å². The van der Waals surface area contributed by atoms with Gasteiger partial charge in [-0.2, -0.15) is 0 Å². The smallest absolute Gasteiger partial charge is 0.251 e. The van der Waals surface area contributed by atoms with Gasteiger partial charge in [-0.1, -0.05) is 66.7 Å². The van der Waals surface area contributed by atoms with Crippen molar-refractivity contribution in [3.63, 3.8) is 0 Å². The SMILES string of the molecule is CNOCc1ccc(C2=C3CCC(=N3)C(c3ccc(C(=O)NC)cc3)C3C=C/C(=C(\c4ccc(C(=O)NC)cc4)C4=N/C(=C(/c5ccc(C(=O)NC)cc5)c5ccc2[nH]5)CC4)N3)cc1. The lowest BCUT2D eigenvalue weighted by molar-refractivity contribution is 0.0444. The summed E-state index contributed by atoms with van der Waals surface area (Å²) >= 11 is 0. The average Bonchev–Trinajstić information content (AvgIpc) is 4.20. The number of nitrogens with one attached hydrogen (secondary N) is 6. The number of carbonyl (C=O) groups is 3. The Balaban J connectivity index is 1.27. The fourth-order valence-electron chi connectivity index (χ4n) is 9.14. The van der Waals surface area contributed by atoms with Gasteiger partial charge in [-0.25, -0.2) is 5.48 Å². The van der Waals surface area contributed by atoms with E-state index >= 15 is 0 Å². The van der Waals surface area contributed by atoms with Gasteiger partial charge in [0.2, 0.25) is 0 Å². The lowest BCUT2D eigenvalue weighted by Gasteiger charge is -2.25. The number of allylic oxidation sites excluding steroid dienone is 4. The number of hydrogen-bond acceptors (Lipinski definition) is 8. The molecule has 2 atom stereocenters. The third-order valence-corrected chi connectivity index (χ3v) is 12.3. The molecule has 9 rings (SSSR count). The van der Waals surface area contributed by atoms with Crippen molar-refractivity contribution in [2.75, 3.05) is 28.2 Å². The molecule has 2 unspecified atom stereocenters. The fourth-order valence-corrected chi connectivity index (χ4v) is 9.14. The zero-order chi connectivity index (χ0) is 44.3. The van der Waals surface area contributed by atoms with Crippen LogP contribution in [-0.2, 0) is 11.4 Å². The molecule has 0 saturated carbocycles. The van der Waals surface area contributed by atoms with Crippen molar-refractivity contribution in [1.82, 2.24) is 31.7 Å². The van der Waals surface area contributed by atoms with Crippen LogP contribution in [0.5, 0.6) is 0 Å². The van der Waals surface area contributed by atoms with Gasteiger partial charge < -0.3 is 26.3 Å². The van der Waals surface area contributed by atoms with E-state index < -0.39 is 0 Å². The molecular formula is C52H50N8O4. The Morgan fingerprint density at radius 3 is 1.64 bits per heavy atom. The van der Waals surface area contributed by atoms with E-state index in [0.29, 0.717) is 36.1 Å². The number of H-pyrrole nitrogens is 1. The third kappa shape index (κ3) is 8.16. The number of rotatable bonds is 10. The van der Waals surface area contributed by atoms with E-state index in [4.69, 9.17) is 14.8 Å². The summed E-state index contributed by atoms with van der Waals surface area (Å²) < 4.78 is 0. The first-order chi connectivity index (χ1) is 31.3. The van der Waals surface area contributed by atoms with Crippen LogP contribution >= 0.6 is 0 Å². The quantitative estimate of drug-likeness (QED) is 0.0800. The van der Waals surface area contributed by atoms with Crippen molar-refractivity contribution < 1.29 is 19.2 Å². The normalized spacial score (nSPS) is 20.1. The van der Waals surface area contributed by atoms with Crippen LogP contribution in [-0.4, -0.2) is 68.4 Å². The maximum absolute atomic E-state index is 12.6. The van der Waals surface area contributed by atoms with E-state index in [1.807, 2.05) is 72.8 Å². The standard InChI is InChI=1S/C52H50N8O4/c1-53-50(61)35-15-9-32(10-16-35)47-40-23-21-38(57-40)46(31-7-5-30(6-8-31)29-64-56-4)39-22-24-41(58-39)48(33-11-17-36(18-12-33)51(62)54-2)43-26-28-45(60-43)49(44-27-25-42(47)59-44)34-13-19-37(20-14-34)52(63)55-3/h5-21,23,26,28,43,48,56-57,60H,22,24-25,27,29H2,1-4H3,(H,53,61)(H,54,62)(H,55,63)/b46-39?,47-42-,49-45-. The summed E-state index contributed by atoms with van der Waals surface area (Å²) in [6.45, 7) is 0.428. The van der Waals surface area contributed by atoms with E-state index in [-0.39, 0.29) is 29.7 Å². The molecule has 12 nitrogen and oxygen atoms in total. The first kappa shape index (κ1) is 41.9. The molecule has 8 bridgehead atoms. The number of fused-ring (bicyclic) bond motifs is 6. The van der Waals surface area contributed by atoms with E-state index in [0.717, 1.165) is 97.3 Å². The average molecular weight is 851 g/mol. The van der Waals surface area contributed by atoms with Gasteiger partial charge >= 0.3 is 0 Å². The molecule has 322 valence electrons. The van der Waals surface area contributed by atoms with Crippen LogP contribution in [0.4, 0.5) is 0 Å². The molecule has 5 heterocycles. The minimum atomic E-state index is -0.176. The largest absolute Gasteiger partial charge is 0.377 e. The van der Waals surface area contributed by atoms with Gasteiger partial charge in [0.1, 0.15) is 0 Å². The number of carbonyl (C=O) groups excluding carboxylic acids is 3. The number of hydroxylamine groups is 1. The summed E-state index contributed by atoms with van der Waals surface area (Å²) in [6.07, 6.45) is 7.17. The lowest BCUT2D eigenvalue weighted by atomic mass is 9.85. The molecule has 6 N–H and O–H groups in total. The Morgan fingerprint density at radius 1 is 0.594 bits per heavy atom. The van der Waals surface area contributed by atoms with Gasteiger partial charge in [0.05, 0.1) is 29.8 Å². The summed E-state index contributed by atoms with van der Waals surface area (Å²) in [7, 11) is 6.65. The Kier molecular flexibility index (Phi) is 11.9. The van der Waals surface area contributed by atoms with Crippen molar-refractivity contribution in [2.45, 2.75) is 44.2 Å². The minimum Gasteiger partial charge on any atom is -0.377 e. The number of hydrogen-bond donors (Lipinski definition) is 6. The van der Waals surface area contributed by atoms with Crippen molar-refractivity contribution in [1.29, 1.82) is 0 Å². The number of amides is 3. The van der Waals surface area contributed by atoms with Crippen LogP contribution in [0.3, 0.4) is 0 Å². The molecule has 4 aromatic carbocycles. The van der Waals surface area contributed by atoms with Crippen molar-refractivity contribution >= 4 is 45.9 Å². The molecule has 4 aliphatic heterocycles. The zero-order valence-electron chi connectivity index (χ0n) is 36.3. The summed E-state index contributed by atoms with van der Waals surface area (Å²) in [5.41, 5.74) is 19.0. The third-order valence-electron chi connectivity index (χ3n) is 12.3. The van der Waals surface area contributed by atoms with Crippen LogP contribution in [0, 0.1) is 0 Å². The van der Waals surface area contributed by atoms with Gasteiger partial charge in [0.25, 0.3) is 17.7 Å². The Labute approximate surface area is 372 Å². The van der Waals surface area contributed by atoms with E-state index in [9.17, 15) is 14.4 Å². The Bertz CT molecular complexity index is 2830. The molecular weight excluding hydrogens is 801 g/mol. The van der Waals surface area contributed by atoms with Crippen LogP contribution in [0.1, 0.15) is 102 Å². The molecule has 12 heteroatoms. The number of aliphatic imine (C=N–C) groups is 2. The molecule has 5 aromatic rings. The van der Waals surface area contributed by atoms with E-state index in [2.05, 4.69) is 80.3 Å². The monoisotopic (exact) mass is 850 g/mol. The second-order valence-electron chi connectivity index (χ2n) is 16.1. The van der Waals surface area contributed by atoms with Gasteiger partial charge in [-0.3, -0.25) is 29.2 Å². The molecule has 0 saturated heterocycles. The summed E-state index contributed by atoms with van der Waals surface area (Å²) in [5, 5.41) is 12.1. The van der Waals surface area contributed by atoms with Crippen molar-refractivity contribution in [3.8, 4) is 0 Å². The molecule has 1 aromatic heterocycles. The van der Waals surface area contributed by atoms with Crippen LogP contribution < -0.4 is 26.7 Å².